The smallest absolute Gasteiger partial charge is 0.326 e. The highest BCUT2D eigenvalue weighted by Crippen LogP contribution is 2.09. The second-order valence-electron chi connectivity index (χ2n) is 10.1. The Morgan fingerprint density at radius 2 is 1.14 bits per heavy atom. The van der Waals surface area contributed by atoms with Gasteiger partial charge >= 0.3 is 5.97 Å². The molecule has 5 atom stereocenters. The minimum atomic E-state index is -1.16. The maximum atomic E-state index is 13.0. The average Bonchev–Trinajstić information content (AvgIpc) is 2.76. The fraction of sp³-hybridized carbons (Fsp3) is 0.792. The summed E-state index contributed by atoms with van der Waals surface area (Å²) in [6.07, 6.45) is 2.02. The number of carbonyl (C=O) groups is 5. The molecule has 0 saturated heterocycles. The number of rotatable bonds is 17. The largest absolute Gasteiger partial charge is 0.480 e. The Bertz CT molecular complexity index is 743. The van der Waals surface area contributed by atoms with Crippen LogP contribution in [0, 0.1) is 11.8 Å². The standard InChI is InChI=1S/C24H46N6O6/c1-13(2)11-18(29-20(31)15(5)26)23(34)28-17(9-7-8-10-25)22(33)27-16(6)21(32)30-19(24(35)36)12-14(3)4/h13-19H,7-12,25-26H2,1-6H3,(H,27,33)(H,28,34)(H,29,31)(H,30,32)(H,35,36)/t15-,16-,17-,18-,19-/m0/s1. The Morgan fingerprint density at radius 3 is 1.61 bits per heavy atom. The molecule has 9 N–H and O–H groups in total. The molecule has 0 bridgehead atoms. The van der Waals surface area contributed by atoms with Crippen molar-refractivity contribution < 1.29 is 29.1 Å². The average molecular weight is 515 g/mol. The van der Waals surface area contributed by atoms with E-state index in [1.54, 1.807) is 0 Å². The Morgan fingerprint density at radius 1 is 0.667 bits per heavy atom. The van der Waals surface area contributed by atoms with Crippen molar-refractivity contribution in [2.75, 3.05) is 6.54 Å². The third-order valence-corrected chi connectivity index (χ3v) is 5.41. The van der Waals surface area contributed by atoms with Gasteiger partial charge in [0.2, 0.25) is 23.6 Å². The molecule has 0 heterocycles. The monoisotopic (exact) mass is 514 g/mol. The van der Waals surface area contributed by atoms with Gasteiger partial charge in [-0.25, -0.2) is 4.79 Å². The molecule has 0 aromatic heterocycles. The second-order valence-corrected chi connectivity index (χ2v) is 10.1. The third-order valence-electron chi connectivity index (χ3n) is 5.41. The quantitative estimate of drug-likeness (QED) is 0.127. The number of hydrogen-bond acceptors (Lipinski definition) is 7. The summed E-state index contributed by atoms with van der Waals surface area (Å²) in [6, 6.07) is -4.79. The Hall–Kier alpha value is -2.73. The summed E-state index contributed by atoms with van der Waals surface area (Å²) in [6.45, 7) is 10.8. The highest BCUT2D eigenvalue weighted by molar-refractivity contribution is 5.95. The molecule has 0 aliphatic rings. The fourth-order valence-electron chi connectivity index (χ4n) is 3.41. The van der Waals surface area contributed by atoms with E-state index in [2.05, 4.69) is 21.3 Å². The van der Waals surface area contributed by atoms with E-state index in [1.165, 1.54) is 13.8 Å². The van der Waals surface area contributed by atoms with Crippen molar-refractivity contribution in [1.29, 1.82) is 0 Å². The SMILES string of the molecule is CC(C)C[C@H](NC(=O)[C@H](C)NC(=O)[C@H](CCCCN)NC(=O)[C@H](CC(C)C)NC(=O)[C@H](C)N)C(=O)O. The normalized spacial score (nSPS) is 15.4. The van der Waals surface area contributed by atoms with E-state index in [-0.39, 0.29) is 24.7 Å². The first-order valence-corrected chi connectivity index (χ1v) is 12.6. The first-order valence-electron chi connectivity index (χ1n) is 12.6. The van der Waals surface area contributed by atoms with E-state index >= 15 is 0 Å². The number of nitrogens with two attached hydrogens (primary N) is 2. The summed E-state index contributed by atoms with van der Waals surface area (Å²) in [5, 5.41) is 19.6. The minimum Gasteiger partial charge on any atom is -0.480 e. The van der Waals surface area contributed by atoms with Crippen molar-refractivity contribution in [2.24, 2.45) is 23.3 Å². The van der Waals surface area contributed by atoms with Crippen LogP contribution in [0.3, 0.4) is 0 Å². The number of carboxylic acids is 1. The molecule has 0 aliphatic carbocycles. The molecule has 4 amide bonds. The first-order chi connectivity index (χ1) is 16.7. The van der Waals surface area contributed by atoms with Crippen molar-refractivity contribution in [3.8, 4) is 0 Å². The number of unbranched alkanes of at least 4 members (excludes halogenated alkanes) is 1. The summed E-state index contributed by atoms with van der Waals surface area (Å²) in [5.74, 6) is -3.31. The molecule has 0 aromatic rings. The molecular weight excluding hydrogens is 468 g/mol. The predicted molar refractivity (Wildman–Crippen MR) is 136 cm³/mol. The minimum absolute atomic E-state index is 0.0416. The molecule has 0 aromatic carbocycles. The summed E-state index contributed by atoms with van der Waals surface area (Å²) in [5.41, 5.74) is 11.2. The van der Waals surface area contributed by atoms with Gasteiger partial charge in [-0.05, 0) is 64.3 Å². The summed E-state index contributed by atoms with van der Waals surface area (Å²) < 4.78 is 0. The maximum absolute atomic E-state index is 13.0. The summed E-state index contributed by atoms with van der Waals surface area (Å²) in [4.78, 5) is 62.1. The van der Waals surface area contributed by atoms with E-state index in [1.807, 2.05) is 27.7 Å². The van der Waals surface area contributed by atoms with Gasteiger partial charge in [0, 0.05) is 0 Å². The van der Waals surface area contributed by atoms with Gasteiger partial charge < -0.3 is 37.8 Å². The Balaban J connectivity index is 5.44. The molecule has 0 aliphatic heterocycles. The van der Waals surface area contributed by atoms with Crippen LogP contribution in [-0.2, 0) is 24.0 Å². The molecule has 0 rings (SSSR count). The van der Waals surface area contributed by atoms with Crippen molar-refractivity contribution in [3.05, 3.63) is 0 Å². The van der Waals surface area contributed by atoms with Crippen molar-refractivity contribution in [3.63, 3.8) is 0 Å². The number of aliphatic carboxylic acids is 1. The zero-order valence-electron chi connectivity index (χ0n) is 22.4. The van der Waals surface area contributed by atoms with Crippen LogP contribution in [0.4, 0.5) is 0 Å². The summed E-state index contributed by atoms with van der Waals surface area (Å²) in [7, 11) is 0. The molecule has 36 heavy (non-hydrogen) atoms. The highest BCUT2D eigenvalue weighted by Gasteiger charge is 2.30. The van der Waals surface area contributed by atoms with E-state index in [0.717, 1.165) is 0 Å². The van der Waals surface area contributed by atoms with E-state index in [0.29, 0.717) is 25.8 Å². The van der Waals surface area contributed by atoms with Gasteiger partial charge in [-0.1, -0.05) is 27.7 Å². The van der Waals surface area contributed by atoms with Crippen LogP contribution in [-0.4, -0.2) is 71.5 Å². The van der Waals surface area contributed by atoms with Gasteiger partial charge in [0.25, 0.3) is 0 Å². The van der Waals surface area contributed by atoms with E-state index in [9.17, 15) is 29.1 Å². The zero-order valence-corrected chi connectivity index (χ0v) is 22.4. The number of carbonyl (C=O) groups excluding carboxylic acids is 4. The van der Waals surface area contributed by atoms with Crippen molar-refractivity contribution >= 4 is 29.6 Å². The zero-order chi connectivity index (χ0) is 28.0. The predicted octanol–water partition coefficient (Wildman–Crippen LogP) is -0.401. The molecule has 208 valence electrons. The molecule has 0 unspecified atom stereocenters. The Kier molecular flexibility index (Phi) is 15.6. The molecule has 12 heteroatoms. The van der Waals surface area contributed by atoms with Crippen molar-refractivity contribution in [1.82, 2.24) is 21.3 Å². The summed E-state index contributed by atoms with van der Waals surface area (Å²) >= 11 is 0. The van der Waals surface area contributed by atoms with Gasteiger partial charge in [0.15, 0.2) is 0 Å². The third kappa shape index (κ3) is 13.4. The molecule has 0 fully saturated rings. The van der Waals surface area contributed by atoms with Crippen LogP contribution < -0.4 is 32.7 Å². The van der Waals surface area contributed by atoms with E-state index in [4.69, 9.17) is 11.5 Å². The lowest BCUT2D eigenvalue weighted by atomic mass is 10.0. The molecule has 12 nitrogen and oxygen atoms in total. The van der Waals surface area contributed by atoms with Crippen LogP contribution >= 0.6 is 0 Å². The molecule has 0 radical (unpaired) electrons. The van der Waals surface area contributed by atoms with Crippen LogP contribution in [0.1, 0.15) is 73.6 Å². The van der Waals surface area contributed by atoms with Gasteiger partial charge in [0.05, 0.1) is 6.04 Å². The van der Waals surface area contributed by atoms with Gasteiger partial charge in [-0.2, -0.15) is 0 Å². The molecular formula is C24H46N6O6. The number of nitrogens with one attached hydrogen (secondary N) is 4. The highest BCUT2D eigenvalue weighted by atomic mass is 16.4. The number of hydrogen-bond donors (Lipinski definition) is 7. The first kappa shape index (κ1) is 33.3. The van der Waals surface area contributed by atoms with Gasteiger partial charge in [-0.3, -0.25) is 19.2 Å². The van der Waals surface area contributed by atoms with Gasteiger partial charge in [0.1, 0.15) is 24.2 Å². The van der Waals surface area contributed by atoms with Gasteiger partial charge in [-0.15, -0.1) is 0 Å². The fourth-order valence-corrected chi connectivity index (χ4v) is 3.41. The van der Waals surface area contributed by atoms with Crippen LogP contribution in [0.25, 0.3) is 0 Å². The number of carboxylic acid groups (broad SMARTS) is 1. The molecule has 0 saturated carbocycles. The topological polar surface area (TPSA) is 206 Å². The Labute approximate surface area is 214 Å². The molecule has 0 spiro atoms. The van der Waals surface area contributed by atoms with Crippen LogP contribution in [0.2, 0.25) is 0 Å². The van der Waals surface area contributed by atoms with E-state index < -0.39 is 59.8 Å². The lowest BCUT2D eigenvalue weighted by Crippen LogP contribution is -2.58. The second kappa shape index (κ2) is 16.9. The van der Waals surface area contributed by atoms with Crippen LogP contribution in [0.15, 0.2) is 0 Å². The maximum Gasteiger partial charge on any atom is 0.326 e. The van der Waals surface area contributed by atoms with Crippen molar-refractivity contribution in [2.45, 2.75) is 104 Å². The number of amides is 4. The lowest BCUT2D eigenvalue weighted by Gasteiger charge is -2.26. The lowest BCUT2D eigenvalue weighted by molar-refractivity contribution is -0.142. The van der Waals surface area contributed by atoms with Crippen LogP contribution in [0.5, 0.6) is 0 Å².